The first kappa shape index (κ1) is 13.1. The van der Waals surface area contributed by atoms with E-state index in [2.05, 4.69) is 0 Å². The highest BCUT2D eigenvalue weighted by atomic mass is 19.1. The van der Waals surface area contributed by atoms with Crippen LogP contribution in [0.5, 0.6) is 0 Å². The Hall–Kier alpha value is -1.00. The first-order valence-corrected chi connectivity index (χ1v) is 5.37. The molecule has 0 amide bonds. The summed E-state index contributed by atoms with van der Waals surface area (Å²) in [4.78, 5) is 1.97. The van der Waals surface area contributed by atoms with Gasteiger partial charge < -0.3 is 10.6 Å². The summed E-state index contributed by atoms with van der Waals surface area (Å²) in [5.41, 5.74) is 6.14. The molecule has 0 spiro atoms. The van der Waals surface area contributed by atoms with E-state index in [1.54, 1.807) is 0 Å². The van der Waals surface area contributed by atoms with Gasteiger partial charge in [-0.3, -0.25) is 0 Å². The summed E-state index contributed by atoms with van der Waals surface area (Å²) in [5.74, 6) is -1.04. The summed E-state index contributed by atoms with van der Waals surface area (Å²) in [5, 5.41) is 0. The fraction of sp³-hybridized carbons (Fsp3) is 0.500. The molecule has 0 bridgehead atoms. The normalized spacial score (nSPS) is 13.1. The number of hydrogen-bond acceptors (Lipinski definition) is 2. The molecule has 1 atom stereocenters. The molecule has 0 aliphatic rings. The maximum Gasteiger partial charge on any atom is 0.130 e. The molecular formula is C12H18F2N2. The van der Waals surface area contributed by atoms with Crippen LogP contribution in [0.3, 0.4) is 0 Å². The number of rotatable bonds is 5. The third-order valence-electron chi connectivity index (χ3n) is 2.42. The van der Waals surface area contributed by atoms with Crippen LogP contribution < -0.4 is 5.73 Å². The molecule has 0 radical (unpaired) electrons. The molecule has 0 fully saturated rings. The minimum absolute atomic E-state index is 0.139. The molecule has 1 aromatic carbocycles. The molecule has 0 aliphatic heterocycles. The van der Waals surface area contributed by atoms with Crippen LogP contribution in [0.2, 0.25) is 0 Å². The smallest absolute Gasteiger partial charge is 0.130 e. The fourth-order valence-corrected chi connectivity index (χ4v) is 1.44. The second-order valence-electron chi connectivity index (χ2n) is 4.24. The lowest BCUT2D eigenvalue weighted by Gasteiger charge is -2.18. The summed E-state index contributed by atoms with van der Waals surface area (Å²) in [6, 6.07) is 3.81. The largest absolute Gasteiger partial charge is 0.328 e. The number of halogens is 2. The van der Waals surface area contributed by atoms with Crippen molar-refractivity contribution in [3.63, 3.8) is 0 Å². The van der Waals surface area contributed by atoms with E-state index in [-0.39, 0.29) is 6.04 Å². The van der Waals surface area contributed by atoms with Crippen molar-refractivity contribution in [3.05, 3.63) is 35.4 Å². The Morgan fingerprint density at radius 2 is 2.06 bits per heavy atom. The van der Waals surface area contributed by atoms with Gasteiger partial charge in [0.2, 0.25) is 0 Å². The van der Waals surface area contributed by atoms with E-state index in [0.29, 0.717) is 12.1 Å². The second-order valence-corrected chi connectivity index (χ2v) is 4.24. The SMILES string of the molecule is CC(N)CCN(C)Cc1ccc(F)cc1F. The van der Waals surface area contributed by atoms with Gasteiger partial charge in [-0.05, 0) is 33.0 Å². The van der Waals surface area contributed by atoms with Crippen molar-refractivity contribution in [2.24, 2.45) is 5.73 Å². The van der Waals surface area contributed by atoms with Gasteiger partial charge in [0.05, 0.1) is 0 Å². The third-order valence-corrected chi connectivity index (χ3v) is 2.42. The standard InChI is InChI=1S/C12H18F2N2/c1-9(15)5-6-16(2)8-10-3-4-11(13)7-12(10)14/h3-4,7,9H,5-6,8,15H2,1-2H3. The molecule has 0 saturated carbocycles. The predicted molar refractivity (Wildman–Crippen MR) is 61.0 cm³/mol. The van der Waals surface area contributed by atoms with Crippen LogP contribution in [-0.2, 0) is 6.54 Å². The average molecular weight is 228 g/mol. The van der Waals surface area contributed by atoms with Crippen LogP contribution in [0.25, 0.3) is 0 Å². The van der Waals surface area contributed by atoms with Crippen molar-refractivity contribution in [3.8, 4) is 0 Å². The van der Waals surface area contributed by atoms with Gasteiger partial charge in [-0.15, -0.1) is 0 Å². The molecular weight excluding hydrogens is 210 g/mol. The predicted octanol–water partition coefficient (Wildman–Crippen LogP) is 2.13. The van der Waals surface area contributed by atoms with E-state index >= 15 is 0 Å². The molecule has 1 unspecified atom stereocenters. The zero-order chi connectivity index (χ0) is 12.1. The molecule has 1 rings (SSSR count). The molecule has 0 saturated heterocycles. The van der Waals surface area contributed by atoms with E-state index in [9.17, 15) is 8.78 Å². The minimum Gasteiger partial charge on any atom is -0.328 e. The van der Waals surface area contributed by atoms with Crippen LogP contribution in [-0.4, -0.2) is 24.5 Å². The number of nitrogens with zero attached hydrogens (tertiary/aromatic N) is 1. The highest BCUT2D eigenvalue weighted by molar-refractivity contribution is 5.18. The maximum absolute atomic E-state index is 13.3. The van der Waals surface area contributed by atoms with Crippen LogP contribution in [0.4, 0.5) is 8.78 Å². The van der Waals surface area contributed by atoms with Crippen LogP contribution in [0.1, 0.15) is 18.9 Å². The van der Waals surface area contributed by atoms with E-state index in [1.807, 2.05) is 18.9 Å². The van der Waals surface area contributed by atoms with E-state index < -0.39 is 11.6 Å². The van der Waals surface area contributed by atoms with Crippen molar-refractivity contribution >= 4 is 0 Å². The Morgan fingerprint density at radius 1 is 1.38 bits per heavy atom. The zero-order valence-corrected chi connectivity index (χ0v) is 9.71. The molecule has 0 heterocycles. The number of benzene rings is 1. The van der Waals surface area contributed by atoms with Gasteiger partial charge in [0.25, 0.3) is 0 Å². The van der Waals surface area contributed by atoms with Crippen molar-refractivity contribution in [2.75, 3.05) is 13.6 Å². The summed E-state index contributed by atoms with van der Waals surface area (Å²) in [6.07, 6.45) is 0.860. The lowest BCUT2D eigenvalue weighted by Crippen LogP contribution is -2.26. The van der Waals surface area contributed by atoms with Gasteiger partial charge in [-0.2, -0.15) is 0 Å². The lowest BCUT2D eigenvalue weighted by atomic mass is 10.2. The van der Waals surface area contributed by atoms with E-state index in [4.69, 9.17) is 5.73 Å². The summed E-state index contributed by atoms with van der Waals surface area (Å²) in [6.45, 7) is 3.21. The molecule has 0 aromatic heterocycles. The van der Waals surface area contributed by atoms with Crippen molar-refractivity contribution in [1.82, 2.24) is 4.90 Å². The summed E-state index contributed by atoms with van der Waals surface area (Å²) < 4.78 is 26.0. The zero-order valence-electron chi connectivity index (χ0n) is 9.71. The topological polar surface area (TPSA) is 29.3 Å². The molecule has 2 N–H and O–H groups in total. The van der Waals surface area contributed by atoms with Gasteiger partial charge in [0.15, 0.2) is 0 Å². The van der Waals surface area contributed by atoms with Crippen molar-refractivity contribution in [1.29, 1.82) is 0 Å². The summed E-state index contributed by atoms with van der Waals surface area (Å²) >= 11 is 0. The number of nitrogens with two attached hydrogens (primary N) is 1. The average Bonchev–Trinajstić information content (AvgIpc) is 2.19. The Kier molecular flexibility index (Phi) is 4.83. The van der Waals surface area contributed by atoms with Gasteiger partial charge in [-0.1, -0.05) is 6.07 Å². The second kappa shape index (κ2) is 5.92. The molecule has 4 heteroatoms. The minimum atomic E-state index is -0.542. The van der Waals surface area contributed by atoms with E-state index in [0.717, 1.165) is 19.0 Å². The van der Waals surface area contributed by atoms with Gasteiger partial charge in [0.1, 0.15) is 11.6 Å². The van der Waals surface area contributed by atoms with Crippen LogP contribution in [0, 0.1) is 11.6 Å². The Balaban J connectivity index is 2.52. The van der Waals surface area contributed by atoms with E-state index in [1.165, 1.54) is 12.1 Å². The third kappa shape index (κ3) is 4.24. The van der Waals surface area contributed by atoms with Crippen molar-refractivity contribution < 1.29 is 8.78 Å². The van der Waals surface area contributed by atoms with Crippen molar-refractivity contribution in [2.45, 2.75) is 25.9 Å². The molecule has 0 aliphatic carbocycles. The fourth-order valence-electron chi connectivity index (χ4n) is 1.44. The highest BCUT2D eigenvalue weighted by Gasteiger charge is 2.07. The Bertz CT molecular complexity index is 340. The Morgan fingerprint density at radius 3 is 2.62 bits per heavy atom. The van der Waals surface area contributed by atoms with Gasteiger partial charge >= 0.3 is 0 Å². The quantitative estimate of drug-likeness (QED) is 0.836. The lowest BCUT2D eigenvalue weighted by molar-refractivity contribution is 0.308. The van der Waals surface area contributed by atoms with Gasteiger partial charge in [0, 0.05) is 24.2 Å². The first-order valence-electron chi connectivity index (χ1n) is 5.37. The molecule has 90 valence electrons. The number of hydrogen-bond donors (Lipinski definition) is 1. The molecule has 1 aromatic rings. The molecule has 16 heavy (non-hydrogen) atoms. The summed E-state index contributed by atoms with van der Waals surface area (Å²) in [7, 11) is 1.89. The Labute approximate surface area is 95.1 Å². The highest BCUT2D eigenvalue weighted by Crippen LogP contribution is 2.11. The maximum atomic E-state index is 13.3. The monoisotopic (exact) mass is 228 g/mol. The molecule has 2 nitrogen and oxygen atoms in total. The van der Waals surface area contributed by atoms with Crippen LogP contribution >= 0.6 is 0 Å². The van der Waals surface area contributed by atoms with Crippen LogP contribution in [0.15, 0.2) is 18.2 Å². The van der Waals surface area contributed by atoms with Gasteiger partial charge in [-0.25, -0.2) is 8.78 Å². The first-order chi connectivity index (χ1) is 7.49.